The van der Waals surface area contributed by atoms with Crippen LogP contribution in [0.4, 0.5) is 4.79 Å². The molecule has 0 bridgehead atoms. The SMILES string of the molecule is Cc1cnn(CC(=O)NC[C@H]2C[C@@]3(C)[C@@H](O)CCCC[C@H]3N2C(=O)OC(C)(C)C)c1. The highest BCUT2D eigenvalue weighted by Gasteiger charge is 2.55. The van der Waals surface area contributed by atoms with Gasteiger partial charge in [-0.2, -0.15) is 5.10 Å². The number of aryl methyl sites for hydroxylation is 1. The van der Waals surface area contributed by atoms with Gasteiger partial charge in [-0.15, -0.1) is 0 Å². The Balaban J connectivity index is 1.74. The number of aromatic nitrogens is 2. The number of carbonyl (C=O) groups is 2. The smallest absolute Gasteiger partial charge is 0.410 e. The van der Waals surface area contributed by atoms with Crippen LogP contribution in [0.1, 0.15) is 65.4 Å². The highest BCUT2D eigenvalue weighted by Crippen LogP contribution is 2.48. The van der Waals surface area contributed by atoms with Gasteiger partial charge >= 0.3 is 6.09 Å². The van der Waals surface area contributed by atoms with Crippen LogP contribution in [0.25, 0.3) is 0 Å². The number of aliphatic hydroxyl groups is 1. The number of nitrogens with one attached hydrogen (secondary N) is 1. The van der Waals surface area contributed by atoms with Crippen molar-refractivity contribution < 1.29 is 19.4 Å². The Hall–Kier alpha value is -2.09. The fourth-order valence-corrected chi connectivity index (χ4v) is 4.90. The van der Waals surface area contributed by atoms with E-state index in [4.69, 9.17) is 4.74 Å². The minimum absolute atomic E-state index is 0.0967. The topological polar surface area (TPSA) is 96.7 Å². The molecule has 0 spiro atoms. The summed E-state index contributed by atoms with van der Waals surface area (Å²) >= 11 is 0. The molecule has 2 amide bonds. The molecule has 168 valence electrons. The van der Waals surface area contributed by atoms with Crippen LogP contribution < -0.4 is 5.32 Å². The lowest BCUT2D eigenvalue weighted by atomic mass is 9.75. The van der Waals surface area contributed by atoms with Crippen LogP contribution in [0.5, 0.6) is 0 Å². The van der Waals surface area contributed by atoms with Gasteiger partial charge in [-0.25, -0.2) is 4.79 Å². The number of fused-ring (bicyclic) bond motifs is 1. The third-order valence-electron chi connectivity index (χ3n) is 6.34. The third kappa shape index (κ3) is 4.96. The zero-order valence-corrected chi connectivity index (χ0v) is 18.9. The van der Waals surface area contributed by atoms with E-state index in [-0.39, 0.29) is 30.6 Å². The summed E-state index contributed by atoms with van der Waals surface area (Å²) in [6.07, 6.45) is 6.83. The van der Waals surface area contributed by atoms with Gasteiger partial charge in [0.15, 0.2) is 0 Å². The maximum atomic E-state index is 13.1. The molecule has 0 radical (unpaired) electrons. The molecule has 0 unspecified atom stereocenters. The summed E-state index contributed by atoms with van der Waals surface area (Å²) in [4.78, 5) is 27.4. The number of hydrogen-bond donors (Lipinski definition) is 2. The number of hydrogen-bond acceptors (Lipinski definition) is 5. The first kappa shape index (κ1) is 22.6. The second-order valence-electron chi connectivity index (χ2n) is 10.1. The molecule has 2 heterocycles. The van der Waals surface area contributed by atoms with Gasteiger partial charge in [0.2, 0.25) is 5.91 Å². The average Bonchev–Trinajstić information content (AvgIpc) is 3.12. The van der Waals surface area contributed by atoms with Crippen molar-refractivity contribution in [3.63, 3.8) is 0 Å². The van der Waals surface area contributed by atoms with Crippen molar-refractivity contribution in [3.05, 3.63) is 18.0 Å². The molecule has 2 N–H and O–H groups in total. The molecule has 1 saturated heterocycles. The van der Waals surface area contributed by atoms with E-state index in [1.54, 1.807) is 15.8 Å². The molecule has 4 atom stereocenters. The summed E-state index contributed by atoms with van der Waals surface area (Å²) in [5.74, 6) is -0.153. The molecule has 1 aromatic rings. The van der Waals surface area contributed by atoms with Crippen LogP contribution in [-0.4, -0.2) is 62.1 Å². The Bertz CT molecular complexity index is 771. The van der Waals surface area contributed by atoms with Gasteiger partial charge < -0.3 is 15.2 Å². The molecule has 8 nitrogen and oxygen atoms in total. The largest absolute Gasteiger partial charge is 0.444 e. The molecule has 2 aliphatic rings. The maximum Gasteiger partial charge on any atom is 0.410 e. The molecule has 0 aromatic carbocycles. The van der Waals surface area contributed by atoms with Crippen molar-refractivity contribution in [1.82, 2.24) is 20.0 Å². The lowest BCUT2D eigenvalue weighted by Crippen LogP contribution is -2.50. The fourth-order valence-electron chi connectivity index (χ4n) is 4.90. The van der Waals surface area contributed by atoms with E-state index in [2.05, 4.69) is 17.3 Å². The first-order valence-electron chi connectivity index (χ1n) is 10.9. The van der Waals surface area contributed by atoms with Crippen molar-refractivity contribution in [1.29, 1.82) is 0 Å². The summed E-state index contributed by atoms with van der Waals surface area (Å²) in [6, 6.07) is -0.313. The van der Waals surface area contributed by atoms with Crippen LogP contribution in [0.2, 0.25) is 0 Å². The molecular weight excluding hydrogens is 384 g/mol. The first-order valence-corrected chi connectivity index (χ1v) is 10.9. The lowest BCUT2D eigenvalue weighted by Gasteiger charge is -2.37. The zero-order valence-electron chi connectivity index (χ0n) is 18.9. The Morgan fingerprint density at radius 1 is 1.33 bits per heavy atom. The zero-order chi connectivity index (χ0) is 22.1. The van der Waals surface area contributed by atoms with Crippen LogP contribution in [0.3, 0.4) is 0 Å². The number of amides is 2. The number of aliphatic hydroxyl groups excluding tert-OH is 1. The van der Waals surface area contributed by atoms with Gasteiger partial charge in [0.05, 0.1) is 18.3 Å². The quantitative estimate of drug-likeness (QED) is 0.781. The molecule has 1 aliphatic heterocycles. The highest BCUT2D eigenvalue weighted by atomic mass is 16.6. The minimum Gasteiger partial charge on any atom is -0.444 e. The Kier molecular flexibility index (Phi) is 6.45. The molecule has 2 fully saturated rings. The summed E-state index contributed by atoms with van der Waals surface area (Å²) in [7, 11) is 0. The van der Waals surface area contributed by atoms with Crippen LogP contribution in [0, 0.1) is 12.3 Å². The maximum absolute atomic E-state index is 13.1. The number of likely N-dealkylation sites (tertiary alicyclic amines) is 1. The molecule has 3 rings (SSSR count). The number of ether oxygens (including phenoxy) is 1. The van der Waals surface area contributed by atoms with Gasteiger partial charge in [-0.1, -0.05) is 19.8 Å². The number of rotatable bonds is 4. The van der Waals surface area contributed by atoms with E-state index >= 15 is 0 Å². The summed E-state index contributed by atoms with van der Waals surface area (Å²) in [5, 5.41) is 18.0. The molecule has 1 aliphatic carbocycles. The van der Waals surface area contributed by atoms with E-state index < -0.39 is 17.1 Å². The van der Waals surface area contributed by atoms with Crippen molar-refractivity contribution in [2.45, 2.75) is 97.1 Å². The lowest BCUT2D eigenvalue weighted by molar-refractivity contribution is -0.122. The number of carbonyl (C=O) groups excluding carboxylic acids is 2. The monoisotopic (exact) mass is 420 g/mol. The second kappa shape index (κ2) is 8.57. The molecule has 1 saturated carbocycles. The fraction of sp³-hybridized carbons (Fsp3) is 0.773. The molecule has 1 aromatic heterocycles. The van der Waals surface area contributed by atoms with Gasteiger partial charge in [0.1, 0.15) is 12.1 Å². The average molecular weight is 421 g/mol. The van der Waals surface area contributed by atoms with Gasteiger partial charge in [0, 0.05) is 24.2 Å². The van der Waals surface area contributed by atoms with Crippen molar-refractivity contribution in [2.75, 3.05) is 6.54 Å². The summed E-state index contributed by atoms with van der Waals surface area (Å²) in [5.41, 5.74) is -0.00989. The van der Waals surface area contributed by atoms with Crippen LogP contribution >= 0.6 is 0 Å². The van der Waals surface area contributed by atoms with Crippen LogP contribution in [-0.2, 0) is 16.1 Å². The Labute approximate surface area is 179 Å². The van der Waals surface area contributed by atoms with Gasteiger partial charge in [-0.05, 0) is 52.5 Å². The van der Waals surface area contributed by atoms with Crippen molar-refractivity contribution in [3.8, 4) is 0 Å². The highest BCUT2D eigenvalue weighted by molar-refractivity contribution is 5.76. The van der Waals surface area contributed by atoms with E-state index in [1.165, 1.54) is 0 Å². The van der Waals surface area contributed by atoms with E-state index in [9.17, 15) is 14.7 Å². The van der Waals surface area contributed by atoms with Gasteiger partial charge in [0.25, 0.3) is 0 Å². The third-order valence-corrected chi connectivity index (χ3v) is 6.34. The van der Waals surface area contributed by atoms with Crippen molar-refractivity contribution >= 4 is 12.0 Å². The Morgan fingerprint density at radius 3 is 2.67 bits per heavy atom. The van der Waals surface area contributed by atoms with Crippen LogP contribution in [0.15, 0.2) is 12.4 Å². The van der Waals surface area contributed by atoms with Crippen molar-refractivity contribution in [2.24, 2.45) is 5.41 Å². The second-order valence-corrected chi connectivity index (χ2v) is 10.1. The summed E-state index contributed by atoms with van der Waals surface area (Å²) in [6.45, 7) is 10.0. The Morgan fingerprint density at radius 2 is 2.03 bits per heavy atom. The van der Waals surface area contributed by atoms with E-state index in [1.807, 2.05) is 33.9 Å². The molecule has 8 heteroatoms. The standard InChI is InChI=1S/C22H36N4O4/c1-15-11-24-25(13-15)14-19(28)23-12-16-10-22(5)17(8-6-7-9-18(22)27)26(16)20(29)30-21(2,3)4/h11,13,16-18,27H,6-10,12,14H2,1-5H3,(H,23,28)/t16-,17-,18+,22-/m1/s1. The van der Waals surface area contributed by atoms with E-state index in [0.717, 1.165) is 31.2 Å². The molecule has 30 heavy (non-hydrogen) atoms. The number of nitrogens with zero attached hydrogens (tertiary/aromatic N) is 3. The normalized spacial score (nSPS) is 29.3. The van der Waals surface area contributed by atoms with Gasteiger partial charge in [-0.3, -0.25) is 14.4 Å². The predicted molar refractivity (Wildman–Crippen MR) is 113 cm³/mol. The first-order chi connectivity index (χ1) is 14.0. The van der Waals surface area contributed by atoms with E-state index in [0.29, 0.717) is 13.0 Å². The molecular formula is C22H36N4O4. The minimum atomic E-state index is -0.606. The summed E-state index contributed by atoms with van der Waals surface area (Å²) < 4.78 is 7.30. The predicted octanol–water partition coefficient (Wildman–Crippen LogP) is 2.63.